The van der Waals surface area contributed by atoms with E-state index < -0.39 is 22.2 Å². The molecule has 0 spiro atoms. The summed E-state index contributed by atoms with van der Waals surface area (Å²) in [5, 5.41) is 19.2. The summed E-state index contributed by atoms with van der Waals surface area (Å²) < 4.78 is 34.5. The Labute approximate surface area is 240 Å². The molecule has 1 saturated heterocycles. The third kappa shape index (κ3) is 6.16. The van der Waals surface area contributed by atoms with Crippen molar-refractivity contribution < 1.29 is 23.1 Å². The van der Waals surface area contributed by atoms with Gasteiger partial charge in [0.1, 0.15) is 0 Å². The van der Waals surface area contributed by atoms with Gasteiger partial charge >= 0.3 is 0 Å². The molecule has 1 amide bonds. The number of aryl methyl sites for hydroxylation is 2. The third-order valence-electron chi connectivity index (χ3n) is 7.99. The molecule has 0 unspecified atom stereocenters. The summed E-state index contributed by atoms with van der Waals surface area (Å²) in [6, 6.07) is 10.5. The van der Waals surface area contributed by atoms with Gasteiger partial charge in [-0.1, -0.05) is 30.7 Å². The monoisotopic (exact) mass is 588 g/mol. The molecule has 0 aliphatic carbocycles. The number of aromatic nitrogens is 1. The van der Waals surface area contributed by atoms with E-state index in [2.05, 4.69) is 10.6 Å². The van der Waals surface area contributed by atoms with Gasteiger partial charge in [-0.3, -0.25) is 9.10 Å². The van der Waals surface area contributed by atoms with Crippen LogP contribution in [0.15, 0.2) is 42.6 Å². The maximum Gasteiger partial charge on any atom is 0.251 e. The molecule has 3 aromatic rings. The number of sulfonamides is 1. The zero-order valence-corrected chi connectivity index (χ0v) is 24.5. The van der Waals surface area contributed by atoms with Gasteiger partial charge < -0.3 is 25.0 Å². The number of amides is 1. The Morgan fingerprint density at radius 3 is 2.73 bits per heavy atom. The van der Waals surface area contributed by atoms with Crippen molar-refractivity contribution >= 4 is 44.1 Å². The fourth-order valence-corrected chi connectivity index (χ4v) is 6.95. The molecule has 2 aliphatic heterocycles. The number of hydrogen-bond donors (Lipinski definition) is 3. The van der Waals surface area contributed by atoms with E-state index in [-0.39, 0.29) is 17.7 Å². The third-order valence-corrected chi connectivity index (χ3v) is 9.95. The fraction of sp³-hybridized carbons (Fsp3) is 0.483. The van der Waals surface area contributed by atoms with Crippen LogP contribution in [-0.2, 0) is 34.1 Å². The second-order valence-electron chi connectivity index (χ2n) is 10.7. The van der Waals surface area contributed by atoms with Crippen LogP contribution in [0.1, 0.15) is 41.3 Å². The smallest absolute Gasteiger partial charge is 0.251 e. The van der Waals surface area contributed by atoms with Crippen LogP contribution >= 0.6 is 11.6 Å². The lowest BCUT2D eigenvalue weighted by atomic mass is 9.99. The molecule has 0 bridgehead atoms. The predicted molar refractivity (Wildman–Crippen MR) is 158 cm³/mol. The minimum atomic E-state index is -3.53. The molecule has 2 aromatic carbocycles. The van der Waals surface area contributed by atoms with Gasteiger partial charge in [0.2, 0.25) is 10.0 Å². The Hall–Kier alpha value is -2.63. The molecule has 0 saturated carbocycles. The lowest BCUT2D eigenvalue weighted by Crippen LogP contribution is -2.50. The molecule has 11 heteroatoms. The van der Waals surface area contributed by atoms with E-state index in [1.807, 2.05) is 42.0 Å². The molecule has 5 rings (SSSR count). The van der Waals surface area contributed by atoms with Crippen molar-refractivity contribution in [1.29, 1.82) is 0 Å². The van der Waals surface area contributed by atoms with E-state index in [1.54, 1.807) is 12.1 Å². The summed E-state index contributed by atoms with van der Waals surface area (Å²) in [6.07, 6.45) is 3.98. The largest absolute Gasteiger partial charge is 0.390 e. The van der Waals surface area contributed by atoms with E-state index in [9.17, 15) is 18.3 Å². The van der Waals surface area contributed by atoms with Crippen molar-refractivity contribution in [3.8, 4) is 0 Å². The minimum Gasteiger partial charge on any atom is -0.390 e. The number of nitrogens with zero attached hydrogens (tertiary/aromatic N) is 2. The van der Waals surface area contributed by atoms with E-state index in [0.717, 1.165) is 41.3 Å². The Kier molecular flexibility index (Phi) is 8.72. The van der Waals surface area contributed by atoms with Crippen LogP contribution in [-0.4, -0.2) is 74.7 Å². The molecule has 1 aromatic heterocycles. The summed E-state index contributed by atoms with van der Waals surface area (Å²) in [5.74, 6) is -0.388. The van der Waals surface area contributed by atoms with Gasteiger partial charge in [0, 0.05) is 61.6 Å². The van der Waals surface area contributed by atoms with Crippen LogP contribution in [0, 0.1) is 0 Å². The zero-order chi connectivity index (χ0) is 28.4. The average molecular weight is 589 g/mol. The number of aliphatic hydroxyl groups is 1. The van der Waals surface area contributed by atoms with Crippen molar-refractivity contribution in [3.63, 3.8) is 0 Å². The summed E-state index contributed by atoms with van der Waals surface area (Å²) in [6.45, 7) is 4.08. The molecule has 1 fully saturated rings. The molecule has 2 atom stereocenters. The van der Waals surface area contributed by atoms with Crippen LogP contribution < -0.4 is 14.9 Å². The quantitative estimate of drug-likeness (QED) is 0.354. The molecule has 216 valence electrons. The van der Waals surface area contributed by atoms with Gasteiger partial charge in [0.25, 0.3) is 5.91 Å². The van der Waals surface area contributed by atoms with Crippen LogP contribution in [0.4, 0.5) is 5.69 Å². The summed E-state index contributed by atoms with van der Waals surface area (Å²) in [4.78, 5) is 13.8. The second-order valence-corrected chi connectivity index (χ2v) is 13.2. The van der Waals surface area contributed by atoms with Crippen molar-refractivity contribution in [2.24, 2.45) is 0 Å². The SMILES string of the molecule is CCc1cn2c3c(cc(C(=O)N[C@@H](Cc4cccc(Cl)c4)[C@H](O)CNC4CCOCC4)cc13)N(C)S(=O)(=O)CC2. The topological polar surface area (TPSA) is 113 Å². The minimum absolute atomic E-state index is 0.0132. The summed E-state index contributed by atoms with van der Waals surface area (Å²) >= 11 is 6.22. The number of hydrogen-bond acceptors (Lipinski definition) is 6. The van der Waals surface area contributed by atoms with Gasteiger partial charge in [-0.15, -0.1) is 0 Å². The highest BCUT2D eigenvalue weighted by atomic mass is 35.5. The number of nitrogens with one attached hydrogen (secondary N) is 2. The Bertz CT molecular complexity index is 1490. The van der Waals surface area contributed by atoms with Gasteiger partial charge in [-0.2, -0.15) is 0 Å². The molecule has 9 nitrogen and oxygen atoms in total. The molecule has 2 aliphatic rings. The Balaban J connectivity index is 1.44. The summed E-state index contributed by atoms with van der Waals surface area (Å²) in [5.41, 5.74) is 3.58. The number of anilines is 1. The number of rotatable bonds is 9. The molecule has 0 radical (unpaired) electrons. The number of aliphatic hydroxyl groups excluding tert-OH is 1. The molecule has 3 N–H and O–H groups in total. The fourth-order valence-electron chi connectivity index (χ4n) is 5.60. The first kappa shape index (κ1) is 28.9. The lowest BCUT2D eigenvalue weighted by Gasteiger charge is -2.28. The molecule has 40 heavy (non-hydrogen) atoms. The molecular weight excluding hydrogens is 552 g/mol. The first-order chi connectivity index (χ1) is 19.2. The van der Waals surface area contributed by atoms with Crippen LogP contribution in [0.2, 0.25) is 5.02 Å². The maximum absolute atomic E-state index is 13.8. The van der Waals surface area contributed by atoms with Gasteiger partial charge in [0.15, 0.2) is 0 Å². The Morgan fingerprint density at radius 2 is 2.00 bits per heavy atom. The van der Waals surface area contributed by atoms with E-state index in [4.69, 9.17) is 16.3 Å². The van der Waals surface area contributed by atoms with Gasteiger partial charge in [0.05, 0.1) is 29.1 Å². The van der Waals surface area contributed by atoms with E-state index >= 15 is 0 Å². The number of halogens is 1. The van der Waals surface area contributed by atoms with Crippen LogP contribution in [0.25, 0.3) is 10.9 Å². The Morgan fingerprint density at radius 1 is 1.23 bits per heavy atom. The summed E-state index contributed by atoms with van der Waals surface area (Å²) in [7, 11) is -2.00. The first-order valence-corrected chi connectivity index (χ1v) is 15.8. The molecular formula is C29H37ClN4O5S. The van der Waals surface area contributed by atoms with Crippen molar-refractivity contribution in [3.05, 3.63) is 64.3 Å². The second kappa shape index (κ2) is 12.1. The average Bonchev–Trinajstić information content (AvgIpc) is 3.27. The van der Waals surface area contributed by atoms with E-state index in [1.165, 1.54) is 11.4 Å². The highest BCUT2D eigenvalue weighted by Gasteiger charge is 2.29. The first-order valence-electron chi connectivity index (χ1n) is 13.8. The van der Waals surface area contributed by atoms with Crippen molar-refractivity contribution in [1.82, 2.24) is 15.2 Å². The number of benzene rings is 2. The number of carbonyl (C=O) groups excluding carboxylic acids is 1. The van der Waals surface area contributed by atoms with Crippen molar-refractivity contribution in [2.75, 3.05) is 36.9 Å². The highest BCUT2D eigenvalue weighted by Crippen LogP contribution is 2.35. The lowest BCUT2D eigenvalue weighted by molar-refractivity contribution is 0.0657. The van der Waals surface area contributed by atoms with Gasteiger partial charge in [-0.05, 0) is 61.1 Å². The standard InChI is InChI=1S/C29H37ClN4O5S/c1-3-20-18-34-9-12-40(37,38)33(2)26-16-21(15-24(20)28(26)34)29(36)32-25(14-19-5-4-6-22(30)13-19)27(35)17-31-23-7-10-39-11-8-23/h4-6,13,15-16,18,23,25,27,31,35H,3,7-12,14,17H2,1-2H3,(H,32,36)/t25-,27+/m0/s1. The molecule has 3 heterocycles. The van der Waals surface area contributed by atoms with Crippen LogP contribution in [0.3, 0.4) is 0 Å². The number of ether oxygens (including phenoxy) is 1. The normalized spacial score (nSPS) is 18.9. The van der Waals surface area contributed by atoms with Gasteiger partial charge in [-0.25, -0.2) is 8.42 Å². The van der Waals surface area contributed by atoms with E-state index in [0.29, 0.717) is 49.0 Å². The van der Waals surface area contributed by atoms with Crippen molar-refractivity contribution in [2.45, 2.75) is 57.3 Å². The zero-order valence-electron chi connectivity index (χ0n) is 22.9. The predicted octanol–water partition coefficient (Wildman–Crippen LogP) is 3.11. The maximum atomic E-state index is 13.8. The number of carbonyl (C=O) groups is 1. The highest BCUT2D eigenvalue weighted by molar-refractivity contribution is 7.92. The van der Waals surface area contributed by atoms with Crippen LogP contribution in [0.5, 0.6) is 0 Å².